The highest BCUT2D eigenvalue weighted by Gasteiger charge is 2.50. The Hall–Kier alpha value is -4.34. The first-order chi connectivity index (χ1) is 23.3. The SMILES string of the molecule is c1ccc([Si]2(c3ccccc3)c3ccccc3-c3sc(N(c4ccc(C5OCCO5)cc4)c4cccc(C5OCCO5)c4)cc32)cc1. The molecule has 0 saturated carbocycles. The standard InChI is InChI=1S/C40H33NO4SSi/c1-3-12-32(13-4-1)47(33-14-5-2-6-15-33)35-17-8-7-16-34(35)38-36(47)27-37(46-38)41(30-20-18-28(19-21-30)39-42-22-23-43-39)31-11-9-10-29(26-31)40-44-24-25-45-40/h1-21,26-27,39-40H,22-25H2. The van der Waals surface area contributed by atoms with Crippen LogP contribution in [-0.4, -0.2) is 34.5 Å². The maximum atomic E-state index is 5.91. The molecule has 2 fully saturated rings. The summed E-state index contributed by atoms with van der Waals surface area (Å²) in [6.45, 7) is 2.45. The van der Waals surface area contributed by atoms with E-state index in [9.17, 15) is 0 Å². The topological polar surface area (TPSA) is 40.2 Å². The third kappa shape index (κ3) is 4.81. The molecule has 5 nitrogen and oxygen atoms in total. The van der Waals surface area contributed by atoms with Crippen molar-refractivity contribution in [3.8, 4) is 10.4 Å². The second-order valence-electron chi connectivity index (χ2n) is 12.0. The van der Waals surface area contributed by atoms with E-state index >= 15 is 0 Å². The molecule has 5 aromatic carbocycles. The normalized spacial score (nSPS) is 17.1. The Labute approximate surface area is 279 Å². The van der Waals surface area contributed by atoms with E-state index in [4.69, 9.17) is 18.9 Å². The number of thiophene rings is 1. The Kier molecular flexibility index (Phi) is 7.38. The van der Waals surface area contributed by atoms with Gasteiger partial charge in [-0.25, -0.2) is 0 Å². The van der Waals surface area contributed by atoms with Crippen LogP contribution in [0.15, 0.2) is 140 Å². The fourth-order valence-electron chi connectivity index (χ4n) is 7.38. The Morgan fingerprint density at radius 2 is 1.11 bits per heavy atom. The summed E-state index contributed by atoms with van der Waals surface area (Å²) in [4.78, 5) is 3.72. The van der Waals surface area contributed by atoms with Crippen molar-refractivity contribution in [2.75, 3.05) is 31.3 Å². The van der Waals surface area contributed by atoms with E-state index in [2.05, 4.69) is 144 Å². The van der Waals surface area contributed by atoms with Crippen LogP contribution in [0.2, 0.25) is 0 Å². The molecule has 0 amide bonds. The smallest absolute Gasteiger partial charge is 0.184 e. The second-order valence-corrected chi connectivity index (χ2v) is 16.8. The molecule has 0 N–H and O–H groups in total. The van der Waals surface area contributed by atoms with Crippen LogP contribution < -0.4 is 25.6 Å². The maximum Gasteiger partial charge on any atom is 0.184 e. The average molecular weight is 652 g/mol. The van der Waals surface area contributed by atoms with E-state index < -0.39 is 8.07 Å². The molecule has 9 rings (SSSR count). The van der Waals surface area contributed by atoms with Crippen LogP contribution in [0.3, 0.4) is 0 Å². The first-order valence-corrected chi connectivity index (χ1v) is 18.9. The first kappa shape index (κ1) is 28.8. The molecule has 0 spiro atoms. The number of hydrogen-bond donors (Lipinski definition) is 0. The maximum absolute atomic E-state index is 5.91. The Morgan fingerprint density at radius 1 is 0.511 bits per heavy atom. The molecular formula is C40H33NO4SSi. The van der Waals surface area contributed by atoms with Crippen LogP contribution >= 0.6 is 11.3 Å². The Balaban J connectivity index is 1.25. The summed E-state index contributed by atoms with van der Waals surface area (Å²) in [6, 6.07) is 51.0. The number of nitrogens with zero attached hydrogens (tertiary/aromatic N) is 1. The van der Waals surface area contributed by atoms with Crippen molar-refractivity contribution in [3.63, 3.8) is 0 Å². The molecule has 0 unspecified atom stereocenters. The van der Waals surface area contributed by atoms with Crippen LogP contribution in [0, 0.1) is 0 Å². The minimum Gasteiger partial charge on any atom is -0.346 e. The number of fused-ring (bicyclic) bond motifs is 3. The van der Waals surface area contributed by atoms with Crippen LogP contribution in [-0.2, 0) is 18.9 Å². The summed E-state index contributed by atoms with van der Waals surface area (Å²) in [6.07, 6.45) is -0.671. The Bertz CT molecular complexity index is 1980. The fraction of sp³-hybridized carbons (Fsp3) is 0.150. The van der Waals surface area contributed by atoms with Gasteiger partial charge in [-0.3, -0.25) is 0 Å². The van der Waals surface area contributed by atoms with Gasteiger partial charge in [0.1, 0.15) is 5.00 Å². The quantitative estimate of drug-likeness (QED) is 0.180. The molecule has 1 aromatic heterocycles. The zero-order valence-electron chi connectivity index (χ0n) is 25.8. The molecule has 0 atom stereocenters. The van der Waals surface area contributed by atoms with E-state index in [0.29, 0.717) is 26.4 Å². The van der Waals surface area contributed by atoms with Gasteiger partial charge in [-0.1, -0.05) is 109 Å². The molecule has 0 bridgehead atoms. The van der Waals surface area contributed by atoms with Crippen LogP contribution in [0.4, 0.5) is 16.4 Å². The summed E-state index contributed by atoms with van der Waals surface area (Å²) in [5, 5.41) is 6.84. The summed E-state index contributed by atoms with van der Waals surface area (Å²) >= 11 is 1.87. The summed E-state index contributed by atoms with van der Waals surface area (Å²) in [7, 11) is -2.60. The molecule has 7 heteroatoms. The van der Waals surface area contributed by atoms with E-state index in [0.717, 1.165) is 22.5 Å². The van der Waals surface area contributed by atoms with Crippen LogP contribution in [0.25, 0.3) is 10.4 Å². The van der Waals surface area contributed by atoms with Crippen molar-refractivity contribution < 1.29 is 18.9 Å². The molecule has 47 heavy (non-hydrogen) atoms. The van der Waals surface area contributed by atoms with E-state index in [1.165, 1.54) is 36.2 Å². The van der Waals surface area contributed by atoms with E-state index in [1.54, 1.807) is 0 Å². The molecule has 3 aliphatic rings. The largest absolute Gasteiger partial charge is 0.346 e. The lowest BCUT2D eigenvalue weighted by Crippen LogP contribution is -2.72. The van der Waals surface area contributed by atoms with Crippen molar-refractivity contribution in [1.82, 2.24) is 0 Å². The second kappa shape index (κ2) is 12.0. The minimum atomic E-state index is -2.60. The summed E-state index contributed by atoms with van der Waals surface area (Å²) < 4.78 is 23.4. The number of benzene rings is 5. The zero-order valence-corrected chi connectivity index (χ0v) is 27.6. The predicted octanol–water partition coefficient (Wildman–Crippen LogP) is 6.67. The molecule has 6 aromatic rings. The minimum absolute atomic E-state index is 0.317. The van der Waals surface area contributed by atoms with Gasteiger partial charge in [-0.05, 0) is 56.6 Å². The number of hydrogen-bond acceptors (Lipinski definition) is 6. The van der Waals surface area contributed by atoms with Gasteiger partial charge in [0.05, 0.1) is 26.4 Å². The highest BCUT2D eigenvalue weighted by molar-refractivity contribution is 7.30. The van der Waals surface area contributed by atoms with Crippen molar-refractivity contribution in [3.05, 3.63) is 151 Å². The molecule has 0 radical (unpaired) electrons. The monoisotopic (exact) mass is 651 g/mol. The zero-order chi connectivity index (χ0) is 31.2. The lowest BCUT2D eigenvalue weighted by atomic mass is 10.1. The van der Waals surface area contributed by atoms with Crippen molar-refractivity contribution in [1.29, 1.82) is 0 Å². The molecular weight excluding hydrogens is 619 g/mol. The third-order valence-corrected chi connectivity index (χ3v) is 15.6. The molecule has 232 valence electrons. The highest BCUT2D eigenvalue weighted by Crippen LogP contribution is 2.45. The molecule has 3 aliphatic heterocycles. The van der Waals surface area contributed by atoms with Gasteiger partial charge in [-0.15, -0.1) is 11.3 Å². The van der Waals surface area contributed by atoms with Gasteiger partial charge in [0.2, 0.25) is 0 Å². The molecule has 4 heterocycles. The van der Waals surface area contributed by atoms with Gasteiger partial charge >= 0.3 is 0 Å². The van der Waals surface area contributed by atoms with Crippen molar-refractivity contribution in [2.45, 2.75) is 12.6 Å². The van der Waals surface area contributed by atoms with Gasteiger partial charge in [-0.2, -0.15) is 0 Å². The van der Waals surface area contributed by atoms with Crippen molar-refractivity contribution >= 4 is 56.5 Å². The van der Waals surface area contributed by atoms with Crippen LogP contribution in [0.5, 0.6) is 0 Å². The van der Waals surface area contributed by atoms with Crippen LogP contribution in [0.1, 0.15) is 23.7 Å². The van der Waals surface area contributed by atoms with Gasteiger partial charge in [0, 0.05) is 27.4 Å². The Morgan fingerprint density at radius 3 is 1.77 bits per heavy atom. The number of ether oxygens (including phenoxy) is 4. The fourth-order valence-corrected chi connectivity index (χ4v) is 14.4. The number of anilines is 3. The average Bonchev–Trinajstić information content (AvgIpc) is 3.96. The third-order valence-electron chi connectivity index (χ3n) is 9.40. The van der Waals surface area contributed by atoms with Gasteiger partial charge < -0.3 is 23.8 Å². The molecule has 2 saturated heterocycles. The molecule has 0 aliphatic carbocycles. The first-order valence-electron chi connectivity index (χ1n) is 16.1. The number of rotatable bonds is 7. The summed E-state index contributed by atoms with van der Waals surface area (Å²) in [5.41, 5.74) is 5.50. The van der Waals surface area contributed by atoms with E-state index in [1.807, 2.05) is 11.3 Å². The van der Waals surface area contributed by atoms with Crippen molar-refractivity contribution in [2.24, 2.45) is 0 Å². The van der Waals surface area contributed by atoms with E-state index in [-0.39, 0.29) is 12.6 Å². The lowest BCUT2D eigenvalue weighted by molar-refractivity contribution is -0.0443. The highest BCUT2D eigenvalue weighted by atomic mass is 32.1. The van der Waals surface area contributed by atoms with Gasteiger partial charge in [0.15, 0.2) is 20.7 Å². The van der Waals surface area contributed by atoms with Gasteiger partial charge in [0.25, 0.3) is 0 Å². The lowest BCUT2D eigenvalue weighted by Gasteiger charge is -2.31. The summed E-state index contributed by atoms with van der Waals surface area (Å²) in [5.74, 6) is 0. The predicted molar refractivity (Wildman–Crippen MR) is 191 cm³/mol.